The maximum atomic E-state index is 6.12. The molecule has 2 aromatic carbocycles. The largest absolute Gasteiger partial charge is 0.455 e. The molecule has 3 rings (SSSR count). The zero-order chi connectivity index (χ0) is 14.8. The smallest absolute Gasteiger partial charge is 0.157 e. The third-order valence-electron chi connectivity index (χ3n) is 3.32. The monoisotopic (exact) mass is 342 g/mol. The van der Waals surface area contributed by atoms with Gasteiger partial charge in [0.15, 0.2) is 5.75 Å². The number of hydrogen-bond acceptors (Lipinski definition) is 3. The maximum absolute atomic E-state index is 6.12. The Morgan fingerprint density at radius 1 is 1.05 bits per heavy atom. The number of benzene rings is 2. The van der Waals surface area contributed by atoms with E-state index in [0.29, 0.717) is 5.92 Å². The standard InChI is InChI=1S/C17H15BrN2O/c1-11(2)14-9-12(18)7-8-16(14)21-17-10-19-20-15-6-4-3-5-13(15)17/h3-11H,1-2H3. The van der Waals surface area contributed by atoms with E-state index in [0.717, 1.165) is 32.4 Å². The van der Waals surface area contributed by atoms with Gasteiger partial charge >= 0.3 is 0 Å². The van der Waals surface area contributed by atoms with Crippen LogP contribution in [0.5, 0.6) is 11.5 Å². The third-order valence-corrected chi connectivity index (χ3v) is 3.82. The summed E-state index contributed by atoms with van der Waals surface area (Å²) < 4.78 is 7.17. The van der Waals surface area contributed by atoms with Gasteiger partial charge in [-0.2, -0.15) is 10.2 Å². The van der Waals surface area contributed by atoms with Crippen LogP contribution in [0.25, 0.3) is 10.9 Å². The van der Waals surface area contributed by atoms with Crippen molar-refractivity contribution in [1.29, 1.82) is 0 Å². The van der Waals surface area contributed by atoms with E-state index in [1.807, 2.05) is 36.4 Å². The predicted octanol–water partition coefficient (Wildman–Crippen LogP) is 5.31. The molecule has 0 atom stereocenters. The number of aromatic nitrogens is 2. The van der Waals surface area contributed by atoms with Crippen molar-refractivity contribution in [1.82, 2.24) is 10.2 Å². The first-order valence-electron chi connectivity index (χ1n) is 6.83. The minimum absolute atomic E-state index is 0.374. The second-order valence-corrected chi connectivity index (χ2v) is 6.08. The van der Waals surface area contributed by atoms with Crippen molar-refractivity contribution in [3.8, 4) is 11.5 Å². The number of nitrogens with zero attached hydrogens (tertiary/aromatic N) is 2. The van der Waals surface area contributed by atoms with E-state index in [1.165, 1.54) is 0 Å². The minimum atomic E-state index is 0.374. The van der Waals surface area contributed by atoms with E-state index in [4.69, 9.17) is 4.74 Å². The van der Waals surface area contributed by atoms with Gasteiger partial charge in [-0.05, 0) is 41.8 Å². The van der Waals surface area contributed by atoms with E-state index in [-0.39, 0.29) is 0 Å². The summed E-state index contributed by atoms with van der Waals surface area (Å²) >= 11 is 3.51. The van der Waals surface area contributed by atoms with Gasteiger partial charge in [0.2, 0.25) is 0 Å². The van der Waals surface area contributed by atoms with Gasteiger partial charge in [-0.3, -0.25) is 0 Å². The van der Waals surface area contributed by atoms with Crippen molar-refractivity contribution in [2.75, 3.05) is 0 Å². The molecule has 0 radical (unpaired) electrons. The lowest BCUT2D eigenvalue weighted by molar-refractivity contribution is 0.475. The highest BCUT2D eigenvalue weighted by Gasteiger charge is 2.11. The first kappa shape index (κ1) is 14.0. The molecule has 4 heteroatoms. The Bertz CT molecular complexity index is 781. The molecule has 0 aliphatic heterocycles. The first-order valence-corrected chi connectivity index (χ1v) is 7.62. The summed E-state index contributed by atoms with van der Waals surface area (Å²) in [6.45, 7) is 4.30. The lowest BCUT2D eigenvalue weighted by Crippen LogP contribution is -1.96. The normalized spacial score (nSPS) is 11.0. The number of rotatable bonds is 3. The summed E-state index contributed by atoms with van der Waals surface area (Å²) in [4.78, 5) is 0. The quantitative estimate of drug-likeness (QED) is 0.647. The van der Waals surface area contributed by atoms with Gasteiger partial charge in [0, 0.05) is 9.86 Å². The Balaban J connectivity index is 2.07. The Labute approximate surface area is 132 Å². The molecule has 0 spiro atoms. The average molecular weight is 343 g/mol. The molecular weight excluding hydrogens is 328 g/mol. The van der Waals surface area contributed by atoms with Gasteiger partial charge in [0.05, 0.1) is 11.7 Å². The van der Waals surface area contributed by atoms with Crippen LogP contribution in [0.2, 0.25) is 0 Å². The van der Waals surface area contributed by atoms with Gasteiger partial charge < -0.3 is 4.74 Å². The summed E-state index contributed by atoms with van der Waals surface area (Å²) in [5.41, 5.74) is 1.99. The van der Waals surface area contributed by atoms with E-state index in [1.54, 1.807) is 6.20 Å². The molecule has 0 amide bonds. The fourth-order valence-corrected chi connectivity index (χ4v) is 2.62. The molecule has 0 fully saturated rings. The van der Waals surface area contributed by atoms with Crippen molar-refractivity contribution in [2.45, 2.75) is 19.8 Å². The molecule has 106 valence electrons. The molecule has 0 bridgehead atoms. The number of ether oxygens (including phenoxy) is 1. The predicted molar refractivity (Wildman–Crippen MR) is 87.8 cm³/mol. The van der Waals surface area contributed by atoms with Crippen LogP contribution >= 0.6 is 15.9 Å². The molecular formula is C17H15BrN2O. The lowest BCUT2D eigenvalue weighted by Gasteiger charge is -2.15. The highest BCUT2D eigenvalue weighted by molar-refractivity contribution is 9.10. The van der Waals surface area contributed by atoms with Crippen LogP contribution < -0.4 is 4.74 Å². The van der Waals surface area contributed by atoms with Crippen molar-refractivity contribution < 1.29 is 4.74 Å². The third kappa shape index (κ3) is 2.90. The molecule has 0 saturated carbocycles. The van der Waals surface area contributed by atoms with Crippen molar-refractivity contribution in [3.05, 3.63) is 58.7 Å². The molecule has 3 nitrogen and oxygen atoms in total. The Kier molecular flexibility index (Phi) is 3.88. The Morgan fingerprint density at radius 2 is 1.86 bits per heavy atom. The summed E-state index contributed by atoms with van der Waals surface area (Å²) in [6.07, 6.45) is 1.66. The van der Waals surface area contributed by atoms with Crippen LogP contribution in [0.15, 0.2) is 53.1 Å². The van der Waals surface area contributed by atoms with Crippen LogP contribution in [0.4, 0.5) is 0 Å². The highest BCUT2D eigenvalue weighted by Crippen LogP contribution is 2.34. The first-order chi connectivity index (χ1) is 10.1. The van der Waals surface area contributed by atoms with E-state index < -0.39 is 0 Å². The van der Waals surface area contributed by atoms with E-state index >= 15 is 0 Å². The summed E-state index contributed by atoms with van der Waals surface area (Å²) in [5, 5.41) is 9.10. The number of halogens is 1. The molecule has 0 saturated heterocycles. The topological polar surface area (TPSA) is 35.0 Å². The molecule has 0 aliphatic carbocycles. The van der Waals surface area contributed by atoms with Crippen LogP contribution in [0, 0.1) is 0 Å². The molecule has 3 aromatic rings. The SMILES string of the molecule is CC(C)c1cc(Br)ccc1Oc1cnnc2ccccc12. The van der Waals surface area contributed by atoms with Crippen molar-refractivity contribution >= 4 is 26.8 Å². The summed E-state index contributed by atoms with van der Waals surface area (Å²) in [6, 6.07) is 13.9. The van der Waals surface area contributed by atoms with Crippen molar-refractivity contribution in [3.63, 3.8) is 0 Å². The molecule has 21 heavy (non-hydrogen) atoms. The van der Waals surface area contributed by atoms with Gasteiger partial charge in [0.1, 0.15) is 5.75 Å². The Hall–Kier alpha value is -1.94. The van der Waals surface area contributed by atoms with Crippen LogP contribution in [0.1, 0.15) is 25.3 Å². The highest BCUT2D eigenvalue weighted by atomic mass is 79.9. The van der Waals surface area contributed by atoms with E-state index in [2.05, 4.69) is 46.0 Å². The molecule has 1 aromatic heterocycles. The molecule has 0 unspecified atom stereocenters. The second-order valence-electron chi connectivity index (χ2n) is 5.16. The fourth-order valence-electron chi connectivity index (χ4n) is 2.25. The average Bonchev–Trinajstić information content (AvgIpc) is 2.49. The minimum Gasteiger partial charge on any atom is -0.455 e. The van der Waals surface area contributed by atoms with Crippen LogP contribution in [-0.2, 0) is 0 Å². The summed E-state index contributed by atoms with van der Waals surface area (Å²) in [5.74, 6) is 1.95. The lowest BCUT2D eigenvalue weighted by atomic mass is 10.0. The van der Waals surface area contributed by atoms with E-state index in [9.17, 15) is 0 Å². The van der Waals surface area contributed by atoms with Gasteiger partial charge in [-0.1, -0.05) is 41.9 Å². The maximum Gasteiger partial charge on any atom is 0.157 e. The van der Waals surface area contributed by atoms with Gasteiger partial charge in [-0.15, -0.1) is 0 Å². The fraction of sp³-hybridized carbons (Fsp3) is 0.176. The molecule has 0 aliphatic rings. The van der Waals surface area contributed by atoms with Crippen LogP contribution in [0.3, 0.4) is 0 Å². The molecule has 0 N–H and O–H groups in total. The molecule has 1 heterocycles. The van der Waals surface area contributed by atoms with Gasteiger partial charge in [-0.25, -0.2) is 0 Å². The Morgan fingerprint density at radius 3 is 2.67 bits per heavy atom. The van der Waals surface area contributed by atoms with Crippen molar-refractivity contribution in [2.24, 2.45) is 0 Å². The zero-order valence-corrected chi connectivity index (χ0v) is 13.5. The summed E-state index contributed by atoms with van der Waals surface area (Å²) in [7, 11) is 0. The van der Waals surface area contributed by atoms with Crippen LogP contribution in [-0.4, -0.2) is 10.2 Å². The van der Waals surface area contributed by atoms with Gasteiger partial charge in [0.25, 0.3) is 0 Å². The number of hydrogen-bond donors (Lipinski definition) is 0. The zero-order valence-electron chi connectivity index (χ0n) is 11.9. The second kappa shape index (κ2) is 5.82. The number of fused-ring (bicyclic) bond motifs is 1.